The Hall–Kier alpha value is -0.370. The van der Waals surface area contributed by atoms with Gasteiger partial charge in [-0.05, 0) is 12.5 Å². The minimum absolute atomic E-state index is 0. The molecule has 12 heavy (non-hydrogen) atoms. The molecule has 0 aromatic heterocycles. The lowest BCUT2D eigenvalue weighted by Crippen LogP contribution is -2.04. The molecule has 0 rings (SSSR count). The van der Waals surface area contributed by atoms with Crippen LogP contribution in [0.15, 0.2) is 12.2 Å². The van der Waals surface area contributed by atoms with E-state index >= 15 is 0 Å². The first-order chi connectivity index (χ1) is 4.83. The van der Waals surface area contributed by atoms with E-state index in [0.717, 1.165) is 0 Å². The van der Waals surface area contributed by atoms with Crippen LogP contribution in [0.2, 0.25) is 0 Å². The van der Waals surface area contributed by atoms with Gasteiger partial charge in [-0.3, -0.25) is 4.79 Å². The Kier molecular flexibility index (Phi) is 6.27. The predicted molar refractivity (Wildman–Crippen MR) is 48.0 cm³/mol. The molecule has 7 heteroatoms. The summed E-state index contributed by atoms with van der Waals surface area (Å²) in [6.07, 6.45) is 0. The number of carbonyl (C=O) groups excluding carboxylic acids is 1. The molecule has 72 valence electrons. The van der Waals surface area contributed by atoms with Gasteiger partial charge in [0.05, 0.1) is 5.08 Å². The molecule has 0 fully saturated rings. The van der Waals surface area contributed by atoms with Crippen LogP contribution in [-0.4, -0.2) is 23.2 Å². The zero-order chi connectivity index (χ0) is 9.07. The third-order valence-electron chi connectivity index (χ3n) is 0.683. The van der Waals surface area contributed by atoms with Crippen molar-refractivity contribution in [2.45, 2.75) is 6.92 Å². The molecule has 0 aliphatic carbocycles. The number of thioether (sulfide) groups is 1. The second-order valence-electron chi connectivity index (χ2n) is 1.89. The fourth-order valence-electron chi connectivity index (χ4n) is 0.249. The van der Waals surface area contributed by atoms with Gasteiger partial charge >= 0.3 is 0 Å². The summed E-state index contributed by atoms with van der Waals surface area (Å²) in [6, 6.07) is 0. The zero-order valence-corrected chi connectivity index (χ0v) is 8.50. The smallest absolute Gasteiger partial charge is 0.215 e. The molecule has 0 spiro atoms. The molecule has 0 unspecified atom stereocenters. The summed E-state index contributed by atoms with van der Waals surface area (Å²) in [6.45, 7) is 4.74. The van der Waals surface area contributed by atoms with E-state index in [0.29, 0.717) is 11.8 Å². The minimum Gasteiger partial charge on any atom is -0.747 e. The van der Waals surface area contributed by atoms with Gasteiger partial charge in [-0.15, -0.1) is 0 Å². The Bertz CT molecular complexity index is 269. The average molecular weight is 213 g/mol. The molecular weight excluding hydrogens is 202 g/mol. The third kappa shape index (κ3) is 7.73. The Morgan fingerprint density at radius 2 is 2.00 bits per heavy atom. The van der Waals surface area contributed by atoms with Crippen molar-refractivity contribution in [3.05, 3.63) is 12.2 Å². The van der Waals surface area contributed by atoms with Crippen molar-refractivity contribution in [3.8, 4) is 0 Å². The third-order valence-corrected chi connectivity index (χ3v) is 2.92. The van der Waals surface area contributed by atoms with Crippen molar-refractivity contribution >= 4 is 27.0 Å². The lowest BCUT2D eigenvalue weighted by molar-refractivity contribution is -0.107. The SMILES string of the molecule is C=C(C)C(=O)SCS(=O)(=O)[O-].[NH4+]. The van der Waals surface area contributed by atoms with Gasteiger partial charge in [0.1, 0.15) is 10.1 Å². The van der Waals surface area contributed by atoms with Crippen LogP contribution in [0.25, 0.3) is 0 Å². The summed E-state index contributed by atoms with van der Waals surface area (Å²) in [5.41, 5.74) is 0.235. The van der Waals surface area contributed by atoms with Crippen LogP contribution in [0.5, 0.6) is 0 Å². The van der Waals surface area contributed by atoms with Crippen molar-refractivity contribution in [1.82, 2.24) is 6.15 Å². The topological polar surface area (TPSA) is 111 Å². The second kappa shape index (κ2) is 5.31. The van der Waals surface area contributed by atoms with Crippen molar-refractivity contribution in [2.75, 3.05) is 5.08 Å². The van der Waals surface area contributed by atoms with Gasteiger partial charge < -0.3 is 10.7 Å². The fraction of sp³-hybridized carbons (Fsp3) is 0.400. The quantitative estimate of drug-likeness (QED) is 0.548. The van der Waals surface area contributed by atoms with Crippen molar-refractivity contribution in [2.24, 2.45) is 0 Å². The summed E-state index contributed by atoms with van der Waals surface area (Å²) in [5.74, 6) is 0. The van der Waals surface area contributed by atoms with E-state index in [9.17, 15) is 17.8 Å². The van der Waals surface area contributed by atoms with Gasteiger partial charge in [0, 0.05) is 0 Å². The number of carbonyl (C=O) groups is 1. The zero-order valence-electron chi connectivity index (χ0n) is 6.86. The monoisotopic (exact) mass is 213 g/mol. The standard InChI is InChI=1S/C5H8O4S2.H3N/c1-4(2)5(6)10-3-11(7,8)9;/h1,3H2,2H3,(H,7,8,9);1H3. The van der Waals surface area contributed by atoms with Crippen molar-refractivity contribution in [3.63, 3.8) is 0 Å². The average Bonchev–Trinajstić information content (AvgIpc) is 1.80. The maximum Gasteiger partial charge on any atom is 0.215 e. The largest absolute Gasteiger partial charge is 0.747 e. The van der Waals surface area contributed by atoms with Gasteiger partial charge in [-0.25, -0.2) is 8.42 Å². The van der Waals surface area contributed by atoms with Crippen LogP contribution in [0.3, 0.4) is 0 Å². The van der Waals surface area contributed by atoms with Crippen LogP contribution >= 0.6 is 11.8 Å². The van der Waals surface area contributed by atoms with Gasteiger partial charge in [0.25, 0.3) is 0 Å². The first kappa shape index (κ1) is 14.2. The van der Waals surface area contributed by atoms with E-state index in [1.54, 1.807) is 0 Å². The first-order valence-corrected chi connectivity index (χ1v) is 5.15. The highest BCUT2D eigenvalue weighted by Gasteiger charge is 2.04. The molecule has 0 bridgehead atoms. The van der Waals surface area contributed by atoms with E-state index in [4.69, 9.17) is 0 Å². The number of hydrogen-bond acceptors (Lipinski definition) is 5. The first-order valence-electron chi connectivity index (χ1n) is 2.59. The maximum absolute atomic E-state index is 10.6. The lowest BCUT2D eigenvalue weighted by Gasteiger charge is -2.04. The summed E-state index contributed by atoms with van der Waals surface area (Å²) >= 11 is 0.453. The van der Waals surface area contributed by atoms with Crippen LogP contribution in [0.4, 0.5) is 0 Å². The fourth-order valence-corrected chi connectivity index (χ4v) is 1.50. The molecule has 0 aromatic carbocycles. The van der Waals surface area contributed by atoms with Gasteiger partial charge in [0.2, 0.25) is 5.12 Å². The number of quaternary nitrogens is 1. The van der Waals surface area contributed by atoms with E-state index in [2.05, 4.69) is 6.58 Å². The summed E-state index contributed by atoms with van der Waals surface area (Å²) in [4.78, 5) is 10.6. The molecule has 0 aromatic rings. The summed E-state index contributed by atoms with van der Waals surface area (Å²) in [7, 11) is -4.30. The molecule has 5 nitrogen and oxygen atoms in total. The van der Waals surface area contributed by atoms with Crippen molar-refractivity contribution in [1.29, 1.82) is 0 Å². The Morgan fingerprint density at radius 1 is 1.58 bits per heavy atom. The predicted octanol–water partition coefficient (Wildman–Crippen LogP) is 0.701. The van der Waals surface area contributed by atoms with Crippen LogP contribution in [0.1, 0.15) is 6.92 Å². The molecular formula is C5H11NO4S2. The van der Waals surface area contributed by atoms with Crippen molar-refractivity contribution < 1.29 is 17.8 Å². The Morgan fingerprint density at radius 3 is 2.25 bits per heavy atom. The highest BCUT2D eigenvalue weighted by atomic mass is 32.3. The van der Waals surface area contributed by atoms with Crippen LogP contribution in [-0.2, 0) is 14.9 Å². The highest BCUT2D eigenvalue weighted by molar-refractivity contribution is 8.21. The number of hydrogen-bond donors (Lipinski definition) is 1. The number of rotatable bonds is 3. The van der Waals surface area contributed by atoms with Gasteiger partial charge in [-0.1, -0.05) is 18.3 Å². The van der Waals surface area contributed by atoms with Gasteiger partial charge in [0.15, 0.2) is 0 Å². The summed E-state index contributed by atoms with van der Waals surface area (Å²) in [5, 5.41) is -1.19. The molecule has 0 atom stereocenters. The molecule has 0 saturated carbocycles. The van der Waals surface area contributed by atoms with E-state index in [1.807, 2.05) is 0 Å². The Balaban J connectivity index is 0. The molecule has 0 heterocycles. The summed E-state index contributed by atoms with van der Waals surface area (Å²) < 4.78 is 30.0. The van der Waals surface area contributed by atoms with E-state index < -0.39 is 20.3 Å². The second-order valence-corrected chi connectivity index (χ2v) is 4.61. The molecule has 0 radical (unpaired) electrons. The van der Waals surface area contributed by atoms with E-state index in [1.165, 1.54) is 6.92 Å². The van der Waals surface area contributed by atoms with Crippen LogP contribution < -0.4 is 6.15 Å². The van der Waals surface area contributed by atoms with Crippen LogP contribution in [0, 0.1) is 0 Å². The maximum atomic E-state index is 10.6. The molecule has 4 N–H and O–H groups in total. The molecule has 0 saturated heterocycles. The van der Waals surface area contributed by atoms with Gasteiger partial charge in [-0.2, -0.15) is 0 Å². The molecule has 0 amide bonds. The molecule has 0 aliphatic heterocycles. The molecule has 0 aliphatic rings. The minimum atomic E-state index is -4.30. The van der Waals surface area contributed by atoms with E-state index in [-0.39, 0.29) is 11.7 Å². The Labute approximate surface area is 75.6 Å². The normalized spacial score (nSPS) is 10.2. The lowest BCUT2D eigenvalue weighted by atomic mass is 10.4. The highest BCUT2D eigenvalue weighted by Crippen LogP contribution is 2.10.